The Hall–Kier alpha value is -0.650. The van der Waals surface area contributed by atoms with Crippen LogP contribution in [0.15, 0.2) is 26.5 Å². The third-order valence-electron chi connectivity index (χ3n) is 1.70. The second kappa shape index (κ2) is 4.25. The third-order valence-corrected chi connectivity index (χ3v) is 3.34. The van der Waals surface area contributed by atoms with Crippen LogP contribution in [0.3, 0.4) is 0 Å². The van der Waals surface area contributed by atoms with Crippen LogP contribution in [-0.2, 0) is 6.54 Å². The van der Waals surface area contributed by atoms with Crippen molar-refractivity contribution < 1.29 is 4.42 Å². The fraction of sp³-hybridized carbons (Fsp3) is 0.222. The molecule has 0 saturated heterocycles. The Morgan fingerprint density at radius 1 is 1.57 bits per heavy atom. The van der Waals surface area contributed by atoms with E-state index in [1.165, 1.54) is 0 Å². The predicted molar refractivity (Wildman–Crippen MR) is 60.3 cm³/mol. The van der Waals surface area contributed by atoms with Crippen LogP contribution in [-0.4, -0.2) is 12.0 Å². The van der Waals surface area contributed by atoms with E-state index < -0.39 is 0 Å². The Kier molecular flexibility index (Phi) is 3.00. The minimum atomic E-state index is 0.659. The van der Waals surface area contributed by atoms with E-state index in [0.717, 1.165) is 14.4 Å². The maximum atomic E-state index is 5.54. The fourth-order valence-electron chi connectivity index (χ4n) is 1.10. The van der Waals surface area contributed by atoms with Gasteiger partial charge in [0.15, 0.2) is 5.76 Å². The van der Waals surface area contributed by atoms with Crippen LogP contribution in [0.4, 0.5) is 0 Å². The van der Waals surface area contributed by atoms with E-state index >= 15 is 0 Å². The van der Waals surface area contributed by atoms with E-state index in [-0.39, 0.29) is 0 Å². The normalized spacial score (nSPS) is 10.7. The second-order valence-corrected chi connectivity index (χ2v) is 5.22. The van der Waals surface area contributed by atoms with E-state index in [9.17, 15) is 0 Å². The molecule has 1 N–H and O–H groups in total. The summed E-state index contributed by atoms with van der Waals surface area (Å²) in [5.41, 5.74) is 0. The molecule has 2 rings (SSSR count). The number of rotatable bonds is 3. The van der Waals surface area contributed by atoms with E-state index in [4.69, 9.17) is 4.42 Å². The van der Waals surface area contributed by atoms with Crippen LogP contribution in [0.1, 0.15) is 5.89 Å². The highest BCUT2D eigenvalue weighted by molar-refractivity contribution is 9.11. The second-order valence-electron chi connectivity index (χ2n) is 2.75. The topological polar surface area (TPSA) is 38.1 Å². The predicted octanol–water partition coefficient (Wildman–Crippen LogP) is 2.89. The quantitative estimate of drug-likeness (QED) is 0.934. The number of nitrogens with zero attached hydrogens (tertiary/aromatic N) is 1. The Balaban J connectivity index is 2.24. The molecule has 0 aliphatic carbocycles. The van der Waals surface area contributed by atoms with Crippen LogP contribution in [0.25, 0.3) is 10.6 Å². The van der Waals surface area contributed by atoms with Gasteiger partial charge in [0.05, 0.1) is 21.4 Å². The Morgan fingerprint density at radius 3 is 3.07 bits per heavy atom. The molecule has 0 bridgehead atoms. The average molecular weight is 273 g/mol. The number of hydrogen-bond acceptors (Lipinski definition) is 4. The van der Waals surface area contributed by atoms with Gasteiger partial charge in [0.2, 0.25) is 5.89 Å². The number of aromatic nitrogens is 1. The first-order valence-corrected chi connectivity index (χ1v) is 5.75. The molecule has 0 amide bonds. The van der Waals surface area contributed by atoms with Gasteiger partial charge < -0.3 is 9.73 Å². The minimum Gasteiger partial charge on any atom is -0.438 e. The largest absolute Gasteiger partial charge is 0.438 e. The summed E-state index contributed by atoms with van der Waals surface area (Å²) in [5.74, 6) is 1.54. The van der Waals surface area contributed by atoms with E-state index in [0.29, 0.717) is 12.4 Å². The van der Waals surface area contributed by atoms with Gasteiger partial charge >= 0.3 is 0 Å². The van der Waals surface area contributed by atoms with Gasteiger partial charge in [-0.3, -0.25) is 0 Å². The molecule has 0 aliphatic heterocycles. The first-order chi connectivity index (χ1) is 6.79. The Bertz CT molecular complexity index is 424. The van der Waals surface area contributed by atoms with Crippen molar-refractivity contribution >= 4 is 27.3 Å². The lowest BCUT2D eigenvalue weighted by Gasteiger charge is -1.91. The molecule has 3 nitrogen and oxygen atoms in total. The average Bonchev–Trinajstić information content (AvgIpc) is 2.74. The van der Waals surface area contributed by atoms with E-state index in [1.807, 2.05) is 19.2 Å². The molecule has 0 unspecified atom stereocenters. The van der Waals surface area contributed by atoms with Crippen molar-refractivity contribution in [3.05, 3.63) is 28.0 Å². The number of halogens is 1. The van der Waals surface area contributed by atoms with Gasteiger partial charge in [-0.05, 0) is 35.1 Å². The number of nitrogens with one attached hydrogen (secondary N) is 1. The SMILES string of the molecule is CNCc1ncc(-c2ccc(Br)s2)o1. The van der Waals surface area contributed by atoms with Crippen molar-refractivity contribution in [2.75, 3.05) is 7.05 Å². The zero-order chi connectivity index (χ0) is 9.97. The molecule has 0 aliphatic rings. The van der Waals surface area contributed by atoms with Gasteiger partial charge in [-0.25, -0.2) is 4.98 Å². The lowest BCUT2D eigenvalue weighted by atomic mass is 10.4. The molecule has 5 heteroatoms. The van der Waals surface area contributed by atoms with Gasteiger partial charge in [-0.2, -0.15) is 0 Å². The van der Waals surface area contributed by atoms with Crippen molar-refractivity contribution in [2.45, 2.75) is 6.54 Å². The van der Waals surface area contributed by atoms with Gasteiger partial charge in [0.25, 0.3) is 0 Å². The monoisotopic (exact) mass is 272 g/mol. The molecule has 0 fully saturated rings. The molecule has 74 valence electrons. The van der Waals surface area contributed by atoms with E-state index in [1.54, 1.807) is 17.5 Å². The number of oxazole rings is 1. The fourth-order valence-corrected chi connectivity index (χ4v) is 2.44. The molecule has 14 heavy (non-hydrogen) atoms. The minimum absolute atomic E-state index is 0.659. The lowest BCUT2D eigenvalue weighted by molar-refractivity contribution is 0.492. The summed E-state index contributed by atoms with van der Waals surface area (Å²) in [5, 5.41) is 2.99. The van der Waals surface area contributed by atoms with E-state index in [2.05, 4.69) is 26.2 Å². The van der Waals surface area contributed by atoms with Gasteiger partial charge in [-0.1, -0.05) is 0 Å². The molecule has 0 aromatic carbocycles. The first-order valence-electron chi connectivity index (χ1n) is 4.14. The summed E-state index contributed by atoms with van der Waals surface area (Å²) >= 11 is 5.05. The standard InChI is InChI=1S/C9H9BrN2OS/c1-11-5-9-12-4-6(13-9)7-2-3-8(10)14-7/h2-4,11H,5H2,1H3. The summed E-state index contributed by atoms with van der Waals surface area (Å²) in [6.07, 6.45) is 1.75. The number of hydrogen-bond donors (Lipinski definition) is 1. The Labute approximate surface area is 94.3 Å². The van der Waals surface area contributed by atoms with Crippen molar-refractivity contribution in [2.24, 2.45) is 0 Å². The maximum absolute atomic E-state index is 5.54. The van der Waals surface area contributed by atoms with Crippen LogP contribution in [0.5, 0.6) is 0 Å². The lowest BCUT2D eigenvalue weighted by Crippen LogP contribution is -2.04. The molecule has 2 aromatic heterocycles. The first kappa shape index (κ1) is 9.89. The van der Waals surface area contributed by atoms with Gasteiger partial charge in [0.1, 0.15) is 0 Å². The van der Waals surface area contributed by atoms with Crippen molar-refractivity contribution in [3.63, 3.8) is 0 Å². The summed E-state index contributed by atoms with van der Waals surface area (Å²) in [6.45, 7) is 0.659. The van der Waals surface area contributed by atoms with Crippen molar-refractivity contribution in [1.29, 1.82) is 0 Å². The summed E-state index contributed by atoms with van der Waals surface area (Å²) in [6, 6.07) is 4.01. The van der Waals surface area contributed by atoms with Crippen LogP contribution in [0, 0.1) is 0 Å². The molecular formula is C9H9BrN2OS. The molecule has 0 radical (unpaired) electrons. The highest BCUT2D eigenvalue weighted by Gasteiger charge is 2.07. The molecule has 0 spiro atoms. The summed E-state index contributed by atoms with van der Waals surface area (Å²) in [4.78, 5) is 5.24. The third kappa shape index (κ3) is 2.05. The van der Waals surface area contributed by atoms with Crippen molar-refractivity contribution in [3.8, 4) is 10.6 Å². The van der Waals surface area contributed by atoms with Crippen LogP contribution < -0.4 is 5.32 Å². The van der Waals surface area contributed by atoms with Gasteiger partial charge in [0, 0.05) is 0 Å². The molecule has 0 saturated carbocycles. The Morgan fingerprint density at radius 2 is 2.43 bits per heavy atom. The van der Waals surface area contributed by atoms with Crippen molar-refractivity contribution in [1.82, 2.24) is 10.3 Å². The van der Waals surface area contributed by atoms with Crippen LogP contribution in [0.2, 0.25) is 0 Å². The molecule has 2 heterocycles. The zero-order valence-electron chi connectivity index (χ0n) is 7.58. The smallest absolute Gasteiger partial charge is 0.208 e. The maximum Gasteiger partial charge on any atom is 0.208 e. The molecule has 2 aromatic rings. The number of thiophene rings is 1. The van der Waals surface area contributed by atoms with Crippen LogP contribution >= 0.6 is 27.3 Å². The molecule has 0 atom stereocenters. The van der Waals surface area contributed by atoms with Gasteiger partial charge in [-0.15, -0.1) is 11.3 Å². The zero-order valence-corrected chi connectivity index (χ0v) is 9.98. The highest BCUT2D eigenvalue weighted by atomic mass is 79.9. The highest BCUT2D eigenvalue weighted by Crippen LogP contribution is 2.31. The summed E-state index contributed by atoms with van der Waals surface area (Å²) < 4.78 is 6.64. The molecular weight excluding hydrogens is 264 g/mol. The summed E-state index contributed by atoms with van der Waals surface area (Å²) in [7, 11) is 1.87.